The number of aryl methyl sites for hydroxylation is 1. The molecule has 0 bridgehead atoms. The number of anilines is 4. The second kappa shape index (κ2) is 19.4. The maximum absolute atomic E-state index is 11.9. The zero-order valence-electron chi connectivity index (χ0n) is 32.6. The van der Waals surface area contributed by atoms with Crippen LogP contribution in [-0.2, 0) is 30.4 Å². The normalized spacial score (nSPS) is 12.0. The minimum atomic E-state index is -4.60. The van der Waals surface area contributed by atoms with Gasteiger partial charge < -0.3 is 35.1 Å². The molecule has 0 unspecified atom stereocenters. The van der Waals surface area contributed by atoms with Crippen LogP contribution >= 0.6 is 0 Å². The summed E-state index contributed by atoms with van der Waals surface area (Å²) in [6.45, 7) is 1.62. The summed E-state index contributed by atoms with van der Waals surface area (Å²) in [7, 11) is -12.4. The molecule has 0 saturated carbocycles. The first kappa shape index (κ1) is 46.4. The number of aliphatic hydroxyl groups is 2. The van der Waals surface area contributed by atoms with Crippen LogP contribution in [0.2, 0.25) is 0 Å². The molecule has 0 fully saturated rings. The van der Waals surface area contributed by atoms with Gasteiger partial charge >= 0.3 is 0 Å². The van der Waals surface area contributed by atoms with Gasteiger partial charge in [0, 0.05) is 35.1 Å². The number of aliphatic hydroxyl groups excluding tert-OH is 2. The summed E-state index contributed by atoms with van der Waals surface area (Å²) in [5.74, 6) is -0.177. The van der Waals surface area contributed by atoms with E-state index in [2.05, 4.69) is 36.1 Å². The van der Waals surface area contributed by atoms with Gasteiger partial charge in [-0.2, -0.15) is 30.5 Å². The Balaban J connectivity index is 1.65. The lowest BCUT2D eigenvalue weighted by Crippen LogP contribution is -2.05. The Hall–Kier alpha value is -6.63. The number of hydrogen-bond acceptors (Lipinski definition) is 19. The number of pyridine rings is 1. The Morgan fingerprint density at radius 3 is 1.52 bits per heavy atom. The van der Waals surface area contributed by atoms with Gasteiger partial charge in [-0.1, -0.05) is 0 Å². The molecule has 0 atom stereocenters. The van der Waals surface area contributed by atoms with E-state index in [0.29, 0.717) is 0 Å². The van der Waals surface area contributed by atoms with Crippen molar-refractivity contribution in [2.45, 2.75) is 28.5 Å². The summed E-state index contributed by atoms with van der Waals surface area (Å²) < 4.78 is 115. The molecule has 4 aromatic carbocycles. The van der Waals surface area contributed by atoms with Crippen LogP contribution in [0.4, 0.5) is 45.8 Å². The van der Waals surface area contributed by atoms with Gasteiger partial charge in [-0.25, -0.2) is 4.98 Å². The summed E-state index contributed by atoms with van der Waals surface area (Å²) >= 11 is 0. The predicted molar refractivity (Wildman–Crippen MR) is 220 cm³/mol. The number of nitrogens with one attached hydrogen (secondary N) is 2. The fourth-order valence-electron chi connectivity index (χ4n) is 5.45. The SMILES string of the molecule is COc1cc(S(=O)(=O)O)c(C)cc1/N=N/c1cc(OCCO)c(/N=N/c2c(Nc3ccc(S(=O)(=O)O)cc3)nc(Nc3ccc(S(=O)(=O)O)cc3)c(C#N)c2C)cc1OCCO. The molecule has 0 saturated heterocycles. The van der Waals surface area contributed by atoms with E-state index in [4.69, 9.17) is 14.2 Å². The van der Waals surface area contributed by atoms with Crippen molar-refractivity contribution in [2.24, 2.45) is 20.5 Å². The van der Waals surface area contributed by atoms with Crippen molar-refractivity contribution in [3.63, 3.8) is 0 Å². The van der Waals surface area contributed by atoms with Gasteiger partial charge in [0.05, 0.1) is 35.7 Å². The quantitative estimate of drug-likeness (QED) is 0.0370. The smallest absolute Gasteiger partial charge is 0.294 e. The number of hydrogen-bond donors (Lipinski definition) is 7. The first-order chi connectivity index (χ1) is 29.3. The fourth-order valence-corrected chi connectivity index (χ4v) is 7.13. The van der Waals surface area contributed by atoms with Gasteiger partial charge in [0.25, 0.3) is 30.4 Å². The van der Waals surface area contributed by atoms with Crippen LogP contribution in [0.15, 0.2) is 108 Å². The first-order valence-electron chi connectivity index (χ1n) is 17.6. The molecule has 5 aromatic rings. The molecular weight excluding hydrogens is 877 g/mol. The van der Waals surface area contributed by atoms with E-state index in [0.717, 1.165) is 30.3 Å². The van der Waals surface area contributed by atoms with Gasteiger partial charge in [-0.3, -0.25) is 13.7 Å². The van der Waals surface area contributed by atoms with Crippen molar-refractivity contribution in [2.75, 3.05) is 44.2 Å². The maximum Gasteiger partial charge on any atom is 0.294 e. The Bertz CT molecular complexity index is 2920. The molecule has 5 rings (SSSR count). The highest BCUT2D eigenvalue weighted by Crippen LogP contribution is 2.44. The van der Waals surface area contributed by atoms with E-state index in [1.165, 1.54) is 63.4 Å². The van der Waals surface area contributed by atoms with E-state index in [1.807, 2.05) is 6.07 Å². The van der Waals surface area contributed by atoms with E-state index in [9.17, 15) is 54.4 Å². The molecule has 25 heteroatoms. The highest BCUT2D eigenvalue weighted by Gasteiger charge is 2.22. The number of methoxy groups -OCH3 is 1. The van der Waals surface area contributed by atoms with Crippen LogP contribution in [0, 0.1) is 25.2 Å². The van der Waals surface area contributed by atoms with Crippen molar-refractivity contribution in [1.29, 1.82) is 5.26 Å². The lowest BCUT2D eigenvalue weighted by molar-refractivity contribution is 0.198. The third-order valence-corrected chi connectivity index (χ3v) is 11.1. The fraction of sp³-hybridized carbons (Fsp3) is 0.189. The third kappa shape index (κ3) is 11.4. The van der Waals surface area contributed by atoms with Crippen molar-refractivity contribution in [1.82, 2.24) is 4.98 Å². The number of benzene rings is 4. The molecule has 1 aromatic heterocycles. The largest absolute Gasteiger partial charge is 0.494 e. The first-order valence-corrected chi connectivity index (χ1v) is 21.9. The van der Waals surface area contributed by atoms with E-state index in [-0.39, 0.29) is 97.8 Å². The zero-order valence-corrected chi connectivity index (χ0v) is 35.0. The molecule has 1 heterocycles. The summed E-state index contributed by atoms with van der Waals surface area (Å²) in [6, 6.07) is 16.8. The van der Waals surface area contributed by atoms with Crippen LogP contribution in [0.25, 0.3) is 0 Å². The number of ether oxygens (including phenoxy) is 3. The molecule has 7 N–H and O–H groups in total. The molecular formula is C37H36N8O14S3. The molecule has 62 heavy (non-hydrogen) atoms. The standard InChI is InChI=1S/C37H36N8O14S3/c1-21-16-28(31(57-3)19-34(21)62(54,55)56)42-43-29-17-33(59-15-13-47)30(18-32(29)58-14-12-46)44-45-35-22(2)27(20-38)36(39-23-4-8-25(9-5-23)60(48,49)50)41-37(35)40-24-6-10-26(11-7-24)61(51,52)53/h4-11,16-19,46-47H,12-15H2,1-3H3,(H2,39,40,41)(H,48,49,50)(H,51,52,53)(H,54,55,56)/b43-42+,45-44+. The van der Waals surface area contributed by atoms with E-state index < -0.39 is 53.4 Å². The van der Waals surface area contributed by atoms with Crippen LogP contribution in [-0.4, -0.2) is 87.6 Å². The highest BCUT2D eigenvalue weighted by atomic mass is 32.2. The minimum absolute atomic E-state index is 0.00394. The third-order valence-electron chi connectivity index (χ3n) is 8.37. The minimum Gasteiger partial charge on any atom is -0.494 e. The van der Waals surface area contributed by atoms with Gasteiger partial charge in [-0.15, -0.1) is 20.5 Å². The molecule has 0 aliphatic heterocycles. The molecule has 0 aliphatic carbocycles. The molecule has 326 valence electrons. The zero-order chi connectivity index (χ0) is 45.4. The predicted octanol–water partition coefficient (Wildman–Crippen LogP) is 6.38. The van der Waals surface area contributed by atoms with E-state index in [1.54, 1.807) is 0 Å². The summed E-state index contributed by atoms with van der Waals surface area (Å²) in [6.07, 6.45) is 0. The number of nitrogens with zero attached hydrogens (tertiary/aromatic N) is 6. The van der Waals surface area contributed by atoms with Crippen LogP contribution < -0.4 is 24.8 Å². The van der Waals surface area contributed by atoms with Crippen molar-refractivity contribution in [3.05, 3.63) is 89.5 Å². The Kier molecular flexibility index (Phi) is 14.5. The Morgan fingerprint density at radius 2 is 1.10 bits per heavy atom. The average molecular weight is 913 g/mol. The number of rotatable bonds is 18. The summed E-state index contributed by atoms with van der Waals surface area (Å²) in [5, 5.41) is 52.6. The summed E-state index contributed by atoms with van der Waals surface area (Å²) in [5.41, 5.74) is 0.804. The van der Waals surface area contributed by atoms with Crippen LogP contribution in [0.1, 0.15) is 16.7 Å². The van der Waals surface area contributed by atoms with Crippen molar-refractivity contribution < 1.29 is 63.3 Å². The van der Waals surface area contributed by atoms with Crippen molar-refractivity contribution >= 4 is 76.1 Å². The molecule has 22 nitrogen and oxygen atoms in total. The van der Waals surface area contributed by atoms with Gasteiger partial charge in [-0.05, 0) is 74.0 Å². The second-order valence-corrected chi connectivity index (χ2v) is 16.8. The molecule has 0 aliphatic rings. The van der Waals surface area contributed by atoms with E-state index >= 15 is 0 Å². The summed E-state index contributed by atoms with van der Waals surface area (Å²) in [4.78, 5) is 3.36. The monoisotopic (exact) mass is 912 g/mol. The van der Waals surface area contributed by atoms with Crippen LogP contribution in [0.3, 0.4) is 0 Å². The highest BCUT2D eigenvalue weighted by molar-refractivity contribution is 7.86. The number of nitriles is 1. The molecule has 0 radical (unpaired) electrons. The van der Waals surface area contributed by atoms with Gasteiger partial charge in [0.2, 0.25) is 0 Å². The Morgan fingerprint density at radius 1 is 0.645 bits per heavy atom. The second-order valence-electron chi connectivity index (χ2n) is 12.6. The number of azo groups is 2. The lowest BCUT2D eigenvalue weighted by atomic mass is 10.1. The van der Waals surface area contributed by atoms with Crippen molar-refractivity contribution in [3.8, 4) is 23.3 Å². The molecule has 0 spiro atoms. The number of aromatic nitrogens is 1. The maximum atomic E-state index is 11.9. The Labute approximate surface area is 354 Å². The van der Waals surface area contributed by atoms with Gasteiger partial charge in [0.1, 0.15) is 64.2 Å². The topological polar surface area (TPSA) is 341 Å². The molecule has 0 amide bonds. The van der Waals surface area contributed by atoms with Crippen LogP contribution in [0.5, 0.6) is 17.2 Å². The van der Waals surface area contributed by atoms with Gasteiger partial charge in [0.15, 0.2) is 11.6 Å². The lowest BCUT2D eigenvalue weighted by Gasteiger charge is -2.16. The average Bonchev–Trinajstić information content (AvgIpc) is 3.21.